The summed E-state index contributed by atoms with van der Waals surface area (Å²) in [7, 11) is 0. The molecule has 0 aromatic heterocycles. The minimum absolute atomic E-state index is 0.0497. The van der Waals surface area contributed by atoms with Gasteiger partial charge in [-0.15, -0.1) is 0 Å². The summed E-state index contributed by atoms with van der Waals surface area (Å²) in [6, 6.07) is 0.456. The van der Waals surface area contributed by atoms with Crippen LogP contribution < -0.4 is 10.6 Å². The van der Waals surface area contributed by atoms with Gasteiger partial charge in [-0.25, -0.2) is 0 Å². The Hall–Kier alpha value is -0.570. The molecule has 1 saturated heterocycles. The van der Waals surface area contributed by atoms with E-state index < -0.39 is 0 Å². The number of carbonyl (C=O) groups is 1. The maximum atomic E-state index is 12.3. The summed E-state index contributed by atoms with van der Waals surface area (Å²) in [5.41, 5.74) is 0.470. The van der Waals surface area contributed by atoms with Gasteiger partial charge in [-0.05, 0) is 56.4 Å². The predicted molar refractivity (Wildman–Crippen MR) is 79.0 cm³/mol. The summed E-state index contributed by atoms with van der Waals surface area (Å²) in [6.45, 7) is 7.89. The molecule has 0 radical (unpaired) electrons. The lowest BCUT2D eigenvalue weighted by atomic mass is 9.75. The third-order valence-corrected chi connectivity index (χ3v) is 5.09. The van der Waals surface area contributed by atoms with E-state index in [1.54, 1.807) is 0 Å². The molecule has 2 aliphatic rings. The quantitative estimate of drug-likeness (QED) is 0.824. The molecule has 1 aliphatic heterocycles. The Balaban J connectivity index is 1.78. The number of hydrogen-bond acceptors (Lipinski definition) is 2. The topological polar surface area (TPSA) is 41.1 Å². The summed E-state index contributed by atoms with van der Waals surface area (Å²) in [4.78, 5) is 12.3. The Morgan fingerprint density at radius 2 is 1.95 bits per heavy atom. The van der Waals surface area contributed by atoms with Crippen molar-refractivity contribution in [2.45, 2.75) is 77.8 Å². The van der Waals surface area contributed by atoms with E-state index >= 15 is 0 Å². The lowest BCUT2D eigenvalue weighted by molar-refractivity contribution is -0.125. The van der Waals surface area contributed by atoms with E-state index in [0.29, 0.717) is 11.5 Å². The molecule has 2 unspecified atom stereocenters. The van der Waals surface area contributed by atoms with Gasteiger partial charge in [-0.1, -0.05) is 27.2 Å². The second-order valence-corrected chi connectivity index (χ2v) is 7.25. The SMILES string of the molecule is CCC1CCNC(C(=O)NC2CCC(C)(C)CC2)C1. The Kier molecular flexibility index (Phi) is 4.88. The maximum Gasteiger partial charge on any atom is 0.237 e. The van der Waals surface area contributed by atoms with Crippen molar-refractivity contribution in [2.24, 2.45) is 11.3 Å². The van der Waals surface area contributed by atoms with Crippen LogP contribution in [0.3, 0.4) is 0 Å². The highest BCUT2D eigenvalue weighted by Crippen LogP contribution is 2.35. The monoisotopic (exact) mass is 266 g/mol. The van der Waals surface area contributed by atoms with Crippen molar-refractivity contribution < 1.29 is 4.79 Å². The summed E-state index contributed by atoms with van der Waals surface area (Å²) in [6.07, 6.45) is 8.17. The van der Waals surface area contributed by atoms with Gasteiger partial charge in [0.05, 0.1) is 6.04 Å². The van der Waals surface area contributed by atoms with Crippen molar-refractivity contribution in [3.8, 4) is 0 Å². The molecule has 3 heteroatoms. The second kappa shape index (κ2) is 6.25. The predicted octanol–water partition coefficient (Wildman–Crippen LogP) is 2.85. The van der Waals surface area contributed by atoms with E-state index in [0.717, 1.165) is 31.7 Å². The van der Waals surface area contributed by atoms with Crippen LogP contribution in [0.4, 0.5) is 0 Å². The van der Waals surface area contributed by atoms with Gasteiger partial charge in [0.15, 0.2) is 0 Å². The van der Waals surface area contributed by atoms with Crippen LogP contribution in [0.1, 0.15) is 65.7 Å². The number of amides is 1. The van der Waals surface area contributed by atoms with Crippen LogP contribution in [0, 0.1) is 11.3 Å². The Morgan fingerprint density at radius 1 is 1.26 bits per heavy atom. The Bertz CT molecular complexity index is 304. The Labute approximate surface area is 117 Å². The molecule has 1 heterocycles. The van der Waals surface area contributed by atoms with E-state index in [9.17, 15) is 4.79 Å². The van der Waals surface area contributed by atoms with Gasteiger partial charge in [-0.3, -0.25) is 4.79 Å². The maximum absolute atomic E-state index is 12.3. The molecule has 0 bridgehead atoms. The average molecular weight is 266 g/mol. The number of piperidine rings is 1. The summed E-state index contributed by atoms with van der Waals surface area (Å²) < 4.78 is 0. The molecule has 2 atom stereocenters. The molecule has 1 aliphatic carbocycles. The summed E-state index contributed by atoms with van der Waals surface area (Å²) in [5.74, 6) is 0.963. The van der Waals surface area contributed by atoms with E-state index in [-0.39, 0.29) is 11.9 Å². The van der Waals surface area contributed by atoms with Gasteiger partial charge in [0.1, 0.15) is 0 Å². The average Bonchev–Trinajstić information content (AvgIpc) is 2.41. The largest absolute Gasteiger partial charge is 0.352 e. The lowest BCUT2D eigenvalue weighted by Crippen LogP contribution is -2.52. The molecular weight excluding hydrogens is 236 g/mol. The molecule has 3 nitrogen and oxygen atoms in total. The van der Waals surface area contributed by atoms with Crippen molar-refractivity contribution in [1.29, 1.82) is 0 Å². The molecule has 1 saturated carbocycles. The summed E-state index contributed by atoms with van der Waals surface area (Å²) in [5, 5.41) is 6.65. The van der Waals surface area contributed by atoms with Crippen molar-refractivity contribution in [2.75, 3.05) is 6.54 Å². The first kappa shape index (κ1) is 14.8. The lowest BCUT2D eigenvalue weighted by Gasteiger charge is -2.36. The van der Waals surface area contributed by atoms with E-state index in [1.807, 2.05) is 0 Å². The van der Waals surface area contributed by atoms with Gasteiger partial charge in [0.2, 0.25) is 5.91 Å². The minimum atomic E-state index is 0.0497. The highest BCUT2D eigenvalue weighted by atomic mass is 16.2. The molecule has 2 rings (SSSR count). The molecule has 2 N–H and O–H groups in total. The molecule has 19 heavy (non-hydrogen) atoms. The van der Waals surface area contributed by atoms with Crippen molar-refractivity contribution in [3.63, 3.8) is 0 Å². The zero-order chi connectivity index (χ0) is 13.9. The first-order valence-corrected chi connectivity index (χ1v) is 8.04. The van der Waals surface area contributed by atoms with Crippen molar-refractivity contribution >= 4 is 5.91 Å². The van der Waals surface area contributed by atoms with Crippen LogP contribution in [-0.2, 0) is 4.79 Å². The van der Waals surface area contributed by atoms with Gasteiger partial charge in [0.25, 0.3) is 0 Å². The van der Waals surface area contributed by atoms with Gasteiger partial charge in [-0.2, -0.15) is 0 Å². The zero-order valence-electron chi connectivity index (χ0n) is 12.8. The second-order valence-electron chi connectivity index (χ2n) is 7.25. The van der Waals surface area contributed by atoms with Crippen LogP contribution in [0.15, 0.2) is 0 Å². The van der Waals surface area contributed by atoms with Crippen LogP contribution in [0.25, 0.3) is 0 Å². The molecular formula is C16H30N2O. The number of rotatable bonds is 3. The first-order chi connectivity index (χ1) is 9.00. The zero-order valence-corrected chi connectivity index (χ0v) is 12.8. The van der Waals surface area contributed by atoms with Crippen LogP contribution in [-0.4, -0.2) is 24.5 Å². The molecule has 1 amide bonds. The molecule has 110 valence electrons. The third-order valence-electron chi connectivity index (χ3n) is 5.09. The first-order valence-electron chi connectivity index (χ1n) is 8.04. The Morgan fingerprint density at radius 3 is 2.58 bits per heavy atom. The van der Waals surface area contributed by atoms with E-state index in [1.165, 1.54) is 25.7 Å². The fourth-order valence-corrected chi connectivity index (χ4v) is 3.41. The van der Waals surface area contributed by atoms with E-state index in [4.69, 9.17) is 0 Å². The molecule has 2 fully saturated rings. The van der Waals surface area contributed by atoms with Gasteiger partial charge < -0.3 is 10.6 Å². The fraction of sp³-hybridized carbons (Fsp3) is 0.938. The van der Waals surface area contributed by atoms with Crippen molar-refractivity contribution in [1.82, 2.24) is 10.6 Å². The van der Waals surface area contributed by atoms with Gasteiger partial charge >= 0.3 is 0 Å². The smallest absolute Gasteiger partial charge is 0.237 e. The molecule has 0 spiro atoms. The third kappa shape index (κ3) is 4.20. The number of carbonyl (C=O) groups excluding carboxylic acids is 1. The molecule has 0 aromatic rings. The normalized spacial score (nSPS) is 31.9. The van der Waals surface area contributed by atoms with E-state index in [2.05, 4.69) is 31.4 Å². The summed E-state index contributed by atoms with van der Waals surface area (Å²) >= 11 is 0. The number of hydrogen-bond donors (Lipinski definition) is 2. The number of nitrogens with one attached hydrogen (secondary N) is 2. The highest BCUT2D eigenvalue weighted by molar-refractivity contribution is 5.82. The van der Waals surface area contributed by atoms with Crippen LogP contribution in [0.5, 0.6) is 0 Å². The fourth-order valence-electron chi connectivity index (χ4n) is 3.41. The van der Waals surface area contributed by atoms with Crippen LogP contribution >= 0.6 is 0 Å². The minimum Gasteiger partial charge on any atom is -0.352 e. The van der Waals surface area contributed by atoms with Crippen LogP contribution in [0.2, 0.25) is 0 Å². The van der Waals surface area contributed by atoms with Crippen molar-refractivity contribution in [3.05, 3.63) is 0 Å². The molecule has 0 aromatic carbocycles. The van der Waals surface area contributed by atoms with Gasteiger partial charge in [0, 0.05) is 6.04 Å². The highest BCUT2D eigenvalue weighted by Gasteiger charge is 2.30. The standard InChI is InChI=1S/C16H30N2O/c1-4-12-7-10-17-14(11-12)15(19)18-13-5-8-16(2,3)9-6-13/h12-14,17H,4-11H2,1-3H3,(H,18,19).